The smallest absolute Gasteiger partial charge is 0.362 e. The van der Waals surface area contributed by atoms with Crippen molar-refractivity contribution in [2.45, 2.75) is 0 Å². The van der Waals surface area contributed by atoms with Crippen molar-refractivity contribution in [3.8, 4) is 11.3 Å². The summed E-state index contributed by atoms with van der Waals surface area (Å²) in [6.45, 7) is 1.78. The Balaban J connectivity index is 1.78. The number of ether oxygens (including phenoxy) is 1. The van der Waals surface area contributed by atoms with Crippen LogP contribution in [0.25, 0.3) is 11.3 Å². The molecule has 0 saturated carbocycles. The maximum atomic E-state index is 12.4. The van der Waals surface area contributed by atoms with Crippen LogP contribution in [0.1, 0.15) is 20.8 Å². The van der Waals surface area contributed by atoms with Crippen molar-refractivity contribution < 1.29 is 19.1 Å². The first kappa shape index (κ1) is 13.8. The van der Waals surface area contributed by atoms with Gasteiger partial charge >= 0.3 is 6.03 Å². The minimum Gasteiger partial charge on any atom is -0.378 e. The number of fused-ring (bicyclic) bond motifs is 3. The molecule has 2 aromatic rings. The predicted octanol–water partition coefficient (Wildman–Crippen LogP) is 0.624. The van der Waals surface area contributed by atoms with Gasteiger partial charge in [-0.15, -0.1) is 10.2 Å². The fraction of sp³-hybridized carbons (Fsp3) is 0.267. The molecule has 1 amide bonds. The van der Waals surface area contributed by atoms with Gasteiger partial charge in [0.15, 0.2) is 5.69 Å². The van der Waals surface area contributed by atoms with Crippen molar-refractivity contribution in [3.63, 3.8) is 0 Å². The summed E-state index contributed by atoms with van der Waals surface area (Å²) in [5.74, 6) is -1.36. The molecule has 1 aliphatic carbocycles. The SMILES string of the molecule is O=C1C(=O)c2nn(C(=O)N3CCOCC3)nc2-c2ccccc21. The van der Waals surface area contributed by atoms with Crippen molar-refractivity contribution in [1.29, 1.82) is 0 Å². The maximum Gasteiger partial charge on any atom is 0.362 e. The van der Waals surface area contributed by atoms with Gasteiger partial charge in [0.2, 0.25) is 5.78 Å². The summed E-state index contributed by atoms with van der Waals surface area (Å²) in [6, 6.07) is 6.26. The van der Waals surface area contributed by atoms with Gasteiger partial charge in [-0.1, -0.05) is 29.1 Å². The Morgan fingerprint density at radius 2 is 1.61 bits per heavy atom. The first-order valence-electron chi connectivity index (χ1n) is 7.19. The first-order chi connectivity index (χ1) is 11.2. The van der Waals surface area contributed by atoms with E-state index in [1.54, 1.807) is 29.2 Å². The highest BCUT2D eigenvalue weighted by molar-refractivity contribution is 6.52. The van der Waals surface area contributed by atoms with Gasteiger partial charge in [0.05, 0.1) is 13.2 Å². The van der Waals surface area contributed by atoms with E-state index in [-0.39, 0.29) is 17.0 Å². The van der Waals surface area contributed by atoms with Gasteiger partial charge in [0, 0.05) is 24.2 Å². The summed E-state index contributed by atoms with van der Waals surface area (Å²) in [4.78, 5) is 39.2. The number of morpholine rings is 1. The zero-order valence-corrected chi connectivity index (χ0v) is 12.1. The number of nitrogens with zero attached hydrogens (tertiary/aromatic N) is 4. The minimum absolute atomic E-state index is 0.0738. The van der Waals surface area contributed by atoms with Gasteiger partial charge in [0.25, 0.3) is 5.78 Å². The Hall–Kier alpha value is -2.87. The van der Waals surface area contributed by atoms with Gasteiger partial charge in [-0.3, -0.25) is 9.59 Å². The maximum absolute atomic E-state index is 12.4. The molecule has 116 valence electrons. The van der Waals surface area contributed by atoms with Gasteiger partial charge in [0.1, 0.15) is 5.69 Å². The van der Waals surface area contributed by atoms with Crippen molar-refractivity contribution in [3.05, 3.63) is 35.5 Å². The largest absolute Gasteiger partial charge is 0.378 e. The Bertz CT molecular complexity index is 836. The van der Waals surface area contributed by atoms with E-state index >= 15 is 0 Å². The lowest BCUT2D eigenvalue weighted by Gasteiger charge is -2.25. The third-order valence-electron chi connectivity index (χ3n) is 3.91. The molecule has 1 saturated heterocycles. The molecule has 0 radical (unpaired) electrons. The van der Waals surface area contributed by atoms with Crippen LogP contribution in [-0.4, -0.2) is 63.8 Å². The number of hydrogen-bond donors (Lipinski definition) is 0. The van der Waals surface area contributed by atoms with Gasteiger partial charge in [-0.2, -0.15) is 0 Å². The van der Waals surface area contributed by atoms with Crippen LogP contribution in [0.3, 0.4) is 0 Å². The molecule has 2 aliphatic rings. The van der Waals surface area contributed by atoms with Crippen LogP contribution in [0.5, 0.6) is 0 Å². The van der Waals surface area contributed by atoms with Crippen LogP contribution in [0.15, 0.2) is 24.3 Å². The van der Waals surface area contributed by atoms with Crippen molar-refractivity contribution in [1.82, 2.24) is 19.9 Å². The molecular formula is C15H12N4O4. The number of amides is 1. The third-order valence-corrected chi connectivity index (χ3v) is 3.91. The number of rotatable bonds is 0. The Morgan fingerprint density at radius 3 is 2.35 bits per heavy atom. The molecule has 1 aliphatic heterocycles. The highest BCUT2D eigenvalue weighted by Crippen LogP contribution is 2.30. The molecule has 0 bridgehead atoms. The van der Waals surface area contributed by atoms with E-state index in [0.29, 0.717) is 31.9 Å². The quantitative estimate of drug-likeness (QED) is 0.662. The lowest BCUT2D eigenvalue weighted by atomic mass is 9.90. The molecule has 0 spiro atoms. The fourth-order valence-electron chi connectivity index (χ4n) is 2.73. The van der Waals surface area contributed by atoms with Gasteiger partial charge < -0.3 is 9.64 Å². The van der Waals surface area contributed by atoms with Crippen molar-refractivity contribution in [2.24, 2.45) is 0 Å². The lowest BCUT2D eigenvalue weighted by Crippen LogP contribution is -2.43. The number of aromatic nitrogens is 3. The standard InChI is InChI=1S/C15H12N4O4/c20-13-10-4-2-1-3-9(10)11-12(14(13)21)17-19(16-11)15(22)18-5-7-23-8-6-18/h1-4H,5-8H2. The first-order valence-corrected chi connectivity index (χ1v) is 7.19. The number of ketones is 2. The molecule has 0 atom stereocenters. The van der Waals surface area contributed by atoms with Crippen LogP contribution >= 0.6 is 0 Å². The summed E-state index contributed by atoms with van der Waals surface area (Å²) in [7, 11) is 0. The zero-order chi connectivity index (χ0) is 16.0. The highest BCUT2D eigenvalue weighted by atomic mass is 16.5. The molecule has 0 N–H and O–H groups in total. The molecule has 0 unspecified atom stereocenters. The second-order valence-corrected chi connectivity index (χ2v) is 5.27. The Labute approximate surface area is 130 Å². The second-order valence-electron chi connectivity index (χ2n) is 5.27. The Kier molecular flexibility index (Phi) is 3.05. The normalized spacial score (nSPS) is 17.0. The molecule has 8 heteroatoms. The molecule has 1 fully saturated rings. The van der Waals surface area contributed by atoms with E-state index < -0.39 is 17.6 Å². The molecule has 2 heterocycles. The predicted molar refractivity (Wildman–Crippen MR) is 77.3 cm³/mol. The van der Waals surface area contributed by atoms with Crippen LogP contribution in [0.2, 0.25) is 0 Å². The zero-order valence-electron chi connectivity index (χ0n) is 12.1. The monoisotopic (exact) mass is 312 g/mol. The molecule has 23 heavy (non-hydrogen) atoms. The van der Waals surface area contributed by atoms with E-state index in [4.69, 9.17) is 4.74 Å². The molecule has 1 aromatic carbocycles. The molecule has 1 aromatic heterocycles. The number of hydrogen-bond acceptors (Lipinski definition) is 6. The van der Waals surface area contributed by atoms with Crippen LogP contribution in [0.4, 0.5) is 4.79 Å². The summed E-state index contributed by atoms with van der Waals surface area (Å²) in [6.07, 6.45) is 0. The molecular weight excluding hydrogens is 300 g/mol. The summed E-state index contributed by atoms with van der Waals surface area (Å²) < 4.78 is 5.20. The number of carbonyl (C=O) groups is 3. The number of carbonyl (C=O) groups excluding carboxylic acids is 3. The van der Waals surface area contributed by atoms with Crippen molar-refractivity contribution in [2.75, 3.05) is 26.3 Å². The van der Waals surface area contributed by atoms with Crippen LogP contribution in [0, 0.1) is 0 Å². The summed E-state index contributed by atoms with van der Waals surface area (Å²) in [5.41, 5.74) is 1.01. The molecule has 4 rings (SSSR count). The minimum atomic E-state index is -0.736. The lowest BCUT2D eigenvalue weighted by molar-refractivity contribution is 0.0520. The average Bonchev–Trinajstić information content (AvgIpc) is 3.05. The van der Waals surface area contributed by atoms with Gasteiger partial charge in [-0.05, 0) is 0 Å². The average molecular weight is 312 g/mol. The van der Waals surface area contributed by atoms with E-state index in [0.717, 1.165) is 4.80 Å². The van der Waals surface area contributed by atoms with E-state index in [1.807, 2.05) is 0 Å². The van der Waals surface area contributed by atoms with Crippen LogP contribution < -0.4 is 0 Å². The van der Waals surface area contributed by atoms with Crippen LogP contribution in [-0.2, 0) is 4.74 Å². The van der Waals surface area contributed by atoms with E-state index in [9.17, 15) is 14.4 Å². The second kappa shape index (κ2) is 5.10. The topological polar surface area (TPSA) is 94.4 Å². The summed E-state index contributed by atoms with van der Waals surface area (Å²) >= 11 is 0. The fourth-order valence-corrected chi connectivity index (χ4v) is 2.73. The van der Waals surface area contributed by atoms with Crippen molar-refractivity contribution >= 4 is 17.6 Å². The third kappa shape index (κ3) is 2.07. The van der Waals surface area contributed by atoms with E-state index in [1.165, 1.54) is 0 Å². The Morgan fingerprint density at radius 1 is 0.957 bits per heavy atom. The highest BCUT2D eigenvalue weighted by Gasteiger charge is 2.35. The number of benzene rings is 1. The van der Waals surface area contributed by atoms with Gasteiger partial charge in [-0.25, -0.2) is 4.79 Å². The molecule has 8 nitrogen and oxygen atoms in total. The number of Topliss-reactive ketones (excluding diaryl/α,β-unsaturated/α-hetero) is 2. The summed E-state index contributed by atoms with van der Waals surface area (Å²) in [5, 5.41) is 8.11. The van der Waals surface area contributed by atoms with E-state index in [2.05, 4.69) is 10.2 Å².